The van der Waals surface area contributed by atoms with Gasteiger partial charge in [0.25, 0.3) is 5.91 Å². The van der Waals surface area contributed by atoms with Gasteiger partial charge in [-0.2, -0.15) is 0 Å². The van der Waals surface area contributed by atoms with E-state index >= 15 is 8.78 Å². The number of hydrogen-bond acceptors (Lipinski definition) is 9. The first-order valence-corrected chi connectivity index (χ1v) is 21.1. The van der Waals surface area contributed by atoms with E-state index in [2.05, 4.69) is 33.2 Å². The maximum atomic E-state index is 16.7. The topological polar surface area (TPSA) is 188 Å². The minimum atomic E-state index is -1.75. The van der Waals surface area contributed by atoms with Gasteiger partial charge in [-0.3, -0.25) is 14.4 Å². The number of aromatic hydroxyl groups is 1. The van der Waals surface area contributed by atoms with Crippen molar-refractivity contribution in [2.24, 2.45) is 17.2 Å². The molecular weight excluding hydrogens is 781 g/mol. The fraction of sp³-hybridized carbons (Fsp3) is 0.413. The zero-order valence-electron chi connectivity index (χ0n) is 34.7. The lowest BCUT2D eigenvalue weighted by Crippen LogP contribution is -2.51. The molecule has 61 heavy (non-hydrogen) atoms. The molecule has 0 spiro atoms. The van der Waals surface area contributed by atoms with Gasteiger partial charge in [-0.1, -0.05) is 24.3 Å². The highest BCUT2D eigenvalue weighted by atomic mass is 19.1. The second-order valence-electron chi connectivity index (χ2n) is 16.8. The SMILES string of the molecule is Cc1cn(C2CCN(CC3(F)CCN(C(=O)c4ccc(C5(F)CCCN(C(/C=C(\N)c6ccccc6O)=C(N)N)C5)cc4)CC3)CC2)c2ccc(NC(=O)CCNC=O)cc12. The quantitative estimate of drug-likeness (QED) is 0.0586. The zero-order chi connectivity index (χ0) is 43.3. The zero-order valence-corrected chi connectivity index (χ0v) is 34.7. The van der Waals surface area contributed by atoms with Crippen molar-refractivity contribution in [2.75, 3.05) is 57.7 Å². The number of para-hydroxylation sites is 1. The molecule has 13 nitrogen and oxygen atoms in total. The van der Waals surface area contributed by atoms with E-state index in [1.54, 1.807) is 58.3 Å². The number of allylic oxidation sites excluding steroid dienone is 1. The predicted molar refractivity (Wildman–Crippen MR) is 233 cm³/mol. The van der Waals surface area contributed by atoms with E-state index in [1.165, 1.54) is 6.07 Å². The summed E-state index contributed by atoms with van der Waals surface area (Å²) < 4.78 is 35.4. The molecule has 3 saturated heterocycles. The lowest BCUT2D eigenvalue weighted by molar-refractivity contribution is -0.116. The van der Waals surface area contributed by atoms with E-state index in [0.717, 1.165) is 42.4 Å². The van der Waals surface area contributed by atoms with E-state index in [4.69, 9.17) is 17.2 Å². The van der Waals surface area contributed by atoms with Crippen LogP contribution in [0.3, 0.4) is 0 Å². The smallest absolute Gasteiger partial charge is 0.253 e. The summed E-state index contributed by atoms with van der Waals surface area (Å²) >= 11 is 0. The van der Waals surface area contributed by atoms with Gasteiger partial charge in [0.15, 0.2) is 5.67 Å². The number of nitrogens with zero attached hydrogens (tertiary/aromatic N) is 4. The number of nitrogens with two attached hydrogens (primary N) is 3. The average molecular weight is 838 g/mol. The molecule has 1 aromatic heterocycles. The number of carbonyl (C=O) groups excluding carboxylic acids is 3. The van der Waals surface area contributed by atoms with Gasteiger partial charge < -0.3 is 52.2 Å². The number of aryl methyl sites for hydroxylation is 1. The number of phenols is 1. The van der Waals surface area contributed by atoms with Crippen molar-refractivity contribution in [1.29, 1.82) is 0 Å². The standard InChI is InChI=1S/C46H57F2N9O4/c1-31-27-57(39-12-11-34(25-37(31)39)53-42(60)13-19-52-30-58)35-14-21-54(22-15-35)28-45(47)17-23-55(24-18-45)44(61)32-7-9-33(10-8-32)46(48)16-4-20-56(29-46)40(43(50)51)26-38(49)36-5-2-3-6-41(36)59/h2-3,5-12,25-27,30,35,59H,4,13-24,28-29,49-51H2,1H3,(H,52,58)(H,53,60)/b38-26-. The lowest BCUT2D eigenvalue weighted by Gasteiger charge is -2.41. The Bertz CT molecular complexity index is 2290. The van der Waals surface area contributed by atoms with E-state index < -0.39 is 11.3 Å². The molecular formula is C46H57F2N9O4. The molecule has 3 amide bonds. The average Bonchev–Trinajstić information content (AvgIpc) is 3.58. The summed E-state index contributed by atoms with van der Waals surface area (Å²) in [5.74, 6) is -0.384. The van der Waals surface area contributed by atoms with Crippen LogP contribution in [-0.2, 0) is 15.3 Å². The van der Waals surface area contributed by atoms with Gasteiger partial charge >= 0.3 is 0 Å². The van der Waals surface area contributed by atoms with Crippen LogP contribution in [0.1, 0.15) is 78.0 Å². The molecule has 4 aromatic rings. The summed E-state index contributed by atoms with van der Waals surface area (Å²) in [6, 6.07) is 19.4. The van der Waals surface area contributed by atoms with Gasteiger partial charge in [-0.25, -0.2) is 8.78 Å². The van der Waals surface area contributed by atoms with E-state index in [0.29, 0.717) is 67.1 Å². The van der Waals surface area contributed by atoms with Crippen LogP contribution in [-0.4, -0.2) is 101 Å². The number of phenolic OH excluding ortho intramolecular Hbond substituents is 1. The van der Waals surface area contributed by atoms with Crippen molar-refractivity contribution < 1.29 is 28.3 Å². The molecule has 0 radical (unpaired) electrons. The number of anilines is 1. The van der Waals surface area contributed by atoms with Gasteiger partial charge in [0.1, 0.15) is 17.2 Å². The number of alkyl halides is 2. The summed E-state index contributed by atoms with van der Waals surface area (Å²) in [5.41, 5.74) is 20.1. The van der Waals surface area contributed by atoms with Crippen molar-refractivity contribution in [1.82, 2.24) is 24.6 Å². The molecule has 3 aromatic carbocycles. The van der Waals surface area contributed by atoms with Crippen LogP contribution >= 0.6 is 0 Å². The van der Waals surface area contributed by atoms with Crippen LogP contribution < -0.4 is 27.8 Å². The number of likely N-dealkylation sites (tertiary alicyclic amines) is 3. The fourth-order valence-corrected chi connectivity index (χ4v) is 9.14. The molecule has 3 aliphatic rings. The Hall–Kier alpha value is -6.09. The van der Waals surface area contributed by atoms with Gasteiger partial charge in [-0.15, -0.1) is 0 Å². The molecule has 0 bridgehead atoms. The number of carbonyl (C=O) groups is 3. The van der Waals surface area contributed by atoms with Crippen molar-refractivity contribution in [3.05, 3.63) is 113 Å². The molecule has 324 valence electrons. The molecule has 0 saturated carbocycles. The monoisotopic (exact) mass is 837 g/mol. The molecule has 9 N–H and O–H groups in total. The molecule has 7 rings (SSSR count). The highest BCUT2D eigenvalue weighted by Gasteiger charge is 2.40. The van der Waals surface area contributed by atoms with Crippen molar-refractivity contribution in [3.8, 4) is 5.75 Å². The number of benzene rings is 3. The normalized spacial score (nSPS) is 20.0. The first-order valence-electron chi connectivity index (χ1n) is 21.1. The number of aromatic nitrogens is 1. The van der Waals surface area contributed by atoms with Crippen molar-refractivity contribution in [3.63, 3.8) is 0 Å². The fourth-order valence-electron chi connectivity index (χ4n) is 9.14. The third-order valence-electron chi connectivity index (χ3n) is 12.5. The second kappa shape index (κ2) is 18.3. The Labute approximate surface area is 355 Å². The Morgan fingerprint density at radius 2 is 1.64 bits per heavy atom. The molecule has 1 atom stereocenters. The summed E-state index contributed by atoms with van der Waals surface area (Å²) in [7, 11) is 0. The first-order chi connectivity index (χ1) is 29.3. The minimum Gasteiger partial charge on any atom is -0.507 e. The molecule has 4 heterocycles. The molecule has 1 unspecified atom stereocenters. The van der Waals surface area contributed by atoms with Crippen molar-refractivity contribution >= 4 is 40.5 Å². The number of halogens is 2. The van der Waals surface area contributed by atoms with Crippen LogP contribution in [0, 0.1) is 6.92 Å². The van der Waals surface area contributed by atoms with Gasteiger partial charge in [0.2, 0.25) is 12.3 Å². The number of rotatable bonds is 13. The van der Waals surface area contributed by atoms with E-state index in [1.807, 2.05) is 18.2 Å². The molecule has 3 fully saturated rings. The number of piperidine rings is 3. The Kier molecular flexibility index (Phi) is 12.9. The Morgan fingerprint density at radius 1 is 0.918 bits per heavy atom. The highest BCUT2D eigenvalue weighted by molar-refractivity contribution is 5.95. The summed E-state index contributed by atoms with van der Waals surface area (Å²) in [6.07, 6.45) is 7.53. The number of amides is 3. The lowest BCUT2D eigenvalue weighted by atomic mass is 9.86. The maximum absolute atomic E-state index is 16.7. The Balaban J connectivity index is 0.904. The highest BCUT2D eigenvalue weighted by Crippen LogP contribution is 2.39. The Morgan fingerprint density at radius 3 is 2.33 bits per heavy atom. The summed E-state index contributed by atoms with van der Waals surface area (Å²) in [4.78, 5) is 42.0. The molecule has 15 heteroatoms. The largest absolute Gasteiger partial charge is 0.507 e. The van der Waals surface area contributed by atoms with Crippen LogP contribution in [0.2, 0.25) is 0 Å². The number of nitrogens with one attached hydrogen (secondary N) is 2. The first kappa shape index (κ1) is 43.0. The third-order valence-corrected chi connectivity index (χ3v) is 12.5. The van der Waals surface area contributed by atoms with Gasteiger partial charge in [0.05, 0.1) is 12.2 Å². The summed E-state index contributed by atoms with van der Waals surface area (Å²) in [5, 5.41) is 16.7. The third kappa shape index (κ3) is 9.77. The minimum absolute atomic E-state index is 0.00359. The van der Waals surface area contributed by atoms with Crippen LogP contribution in [0.15, 0.2) is 90.5 Å². The van der Waals surface area contributed by atoms with Crippen LogP contribution in [0.5, 0.6) is 5.75 Å². The van der Waals surface area contributed by atoms with E-state index in [9.17, 15) is 19.5 Å². The second-order valence-corrected chi connectivity index (χ2v) is 16.8. The molecule has 0 aliphatic carbocycles. The summed E-state index contributed by atoms with van der Waals surface area (Å²) in [6.45, 7) is 5.27. The van der Waals surface area contributed by atoms with E-state index in [-0.39, 0.29) is 73.9 Å². The maximum Gasteiger partial charge on any atom is 0.253 e. The van der Waals surface area contributed by atoms with Crippen LogP contribution in [0.25, 0.3) is 16.6 Å². The van der Waals surface area contributed by atoms with Gasteiger partial charge in [0, 0.05) is 111 Å². The van der Waals surface area contributed by atoms with Crippen molar-refractivity contribution in [2.45, 2.75) is 69.2 Å². The molecule has 3 aliphatic heterocycles. The number of hydrogen-bond donors (Lipinski definition) is 6. The van der Waals surface area contributed by atoms with Gasteiger partial charge in [-0.05, 0) is 92.3 Å². The number of fused-ring (bicyclic) bond motifs is 1. The predicted octanol–water partition coefficient (Wildman–Crippen LogP) is 5.36. The van der Waals surface area contributed by atoms with Crippen LogP contribution in [0.4, 0.5) is 14.5 Å².